The van der Waals surface area contributed by atoms with Gasteiger partial charge in [-0.2, -0.15) is 26.3 Å². The van der Waals surface area contributed by atoms with Crippen LogP contribution in [0.1, 0.15) is 43.1 Å². The highest BCUT2D eigenvalue weighted by molar-refractivity contribution is 7.12. The molecule has 0 bridgehead atoms. The zero-order valence-corrected chi connectivity index (χ0v) is 20.3. The van der Waals surface area contributed by atoms with Crippen molar-refractivity contribution in [2.75, 3.05) is 0 Å². The molecule has 9 heteroatoms. The Balaban J connectivity index is 2.01. The van der Waals surface area contributed by atoms with E-state index in [1.54, 1.807) is 48.7 Å². The standard InChI is InChI=1S/C28H21F6NOS/c1-18-13-14-37-24(18)25(36)35-26(17-19-7-3-2-4-8-19,20-9-5-11-22(15-20)27(29,30)31)21-10-6-12-23(16-21)28(32,33)34/h2-16H,17H2,1H3,(H,35,36). The van der Waals surface area contributed by atoms with Crippen LogP contribution >= 0.6 is 11.3 Å². The summed E-state index contributed by atoms with van der Waals surface area (Å²) >= 11 is 1.14. The fraction of sp³-hybridized carbons (Fsp3) is 0.179. The molecule has 1 heterocycles. The SMILES string of the molecule is Cc1ccsc1C(=O)NC(Cc1ccccc1)(c1cccc(C(F)(F)F)c1)c1cccc(C(F)(F)F)c1. The van der Waals surface area contributed by atoms with E-state index in [1.807, 2.05) is 0 Å². The normalized spacial score (nSPS) is 12.4. The summed E-state index contributed by atoms with van der Waals surface area (Å²) in [5.41, 5.74) is -2.44. The van der Waals surface area contributed by atoms with E-state index in [-0.39, 0.29) is 17.5 Å². The van der Waals surface area contributed by atoms with Crippen molar-refractivity contribution in [3.8, 4) is 0 Å². The Hall–Kier alpha value is -3.59. The maximum Gasteiger partial charge on any atom is 0.416 e. The summed E-state index contributed by atoms with van der Waals surface area (Å²) in [4.78, 5) is 13.8. The fourth-order valence-corrected chi connectivity index (χ4v) is 5.06. The first-order chi connectivity index (χ1) is 17.4. The molecule has 37 heavy (non-hydrogen) atoms. The molecule has 4 aromatic rings. The Labute approximate surface area is 213 Å². The minimum absolute atomic E-state index is 0.00746. The lowest BCUT2D eigenvalue weighted by Crippen LogP contribution is -2.48. The van der Waals surface area contributed by atoms with Crippen LogP contribution in [0.25, 0.3) is 0 Å². The van der Waals surface area contributed by atoms with Crippen LogP contribution in [0.3, 0.4) is 0 Å². The van der Waals surface area contributed by atoms with E-state index < -0.39 is 34.9 Å². The van der Waals surface area contributed by atoms with Crippen LogP contribution in [-0.4, -0.2) is 5.91 Å². The van der Waals surface area contributed by atoms with Crippen molar-refractivity contribution in [2.24, 2.45) is 0 Å². The zero-order valence-electron chi connectivity index (χ0n) is 19.5. The first kappa shape index (κ1) is 26.5. The van der Waals surface area contributed by atoms with Crippen molar-refractivity contribution >= 4 is 17.2 Å². The van der Waals surface area contributed by atoms with E-state index in [2.05, 4.69) is 5.32 Å². The molecule has 0 saturated carbocycles. The predicted octanol–water partition coefficient (Wildman–Crippen LogP) is 8.01. The van der Waals surface area contributed by atoms with Gasteiger partial charge in [0, 0.05) is 6.42 Å². The van der Waals surface area contributed by atoms with Crippen molar-refractivity contribution < 1.29 is 31.1 Å². The first-order valence-electron chi connectivity index (χ1n) is 11.2. The van der Waals surface area contributed by atoms with Crippen molar-refractivity contribution in [3.63, 3.8) is 0 Å². The first-order valence-corrected chi connectivity index (χ1v) is 12.0. The molecule has 0 aliphatic rings. The van der Waals surface area contributed by atoms with Gasteiger partial charge >= 0.3 is 12.4 Å². The van der Waals surface area contributed by atoms with Crippen LogP contribution in [0.4, 0.5) is 26.3 Å². The Bertz CT molecular complexity index is 1330. The van der Waals surface area contributed by atoms with Gasteiger partial charge in [0.2, 0.25) is 0 Å². The van der Waals surface area contributed by atoms with E-state index >= 15 is 0 Å². The Morgan fingerprint density at radius 2 is 1.24 bits per heavy atom. The fourth-order valence-electron chi connectivity index (χ4n) is 4.24. The highest BCUT2D eigenvalue weighted by Gasteiger charge is 2.41. The Kier molecular flexibility index (Phi) is 7.19. The number of benzene rings is 3. The van der Waals surface area contributed by atoms with E-state index in [0.29, 0.717) is 16.0 Å². The molecule has 1 aromatic heterocycles. The van der Waals surface area contributed by atoms with Crippen LogP contribution in [0.5, 0.6) is 0 Å². The molecule has 0 fully saturated rings. The number of nitrogens with one attached hydrogen (secondary N) is 1. The van der Waals surface area contributed by atoms with Crippen LogP contribution in [0.15, 0.2) is 90.3 Å². The molecule has 0 aliphatic heterocycles. The molecule has 0 spiro atoms. The number of carbonyl (C=O) groups excluding carboxylic acids is 1. The Morgan fingerprint density at radius 3 is 1.70 bits per heavy atom. The second-order valence-electron chi connectivity index (χ2n) is 8.61. The molecule has 0 atom stereocenters. The molecule has 3 aromatic carbocycles. The molecule has 192 valence electrons. The molecule has 1 N–H and O–H groups in total. The topological polar surface area (TPSA) is 29.1 Å². The van der Waals surface area contributed by atoms with Gasteiger partial charge < -0.3 is 5.32 Å². The van der Waals surface area contributed by atoms with Crippen LogP contribution in [0, 0.1) is 6.92 Å². The quantitative estimate of drug-likeness (QED) is 0.250. The number of alkyl halides is 6. The zero-order chi connectivity index (χ0) is 26.8. The number of hydrogen-bond donors (Lipinski definition) is 1. The van der Waals surface area contributed by atoms with Gasteiger partial charge in [0.25, 0.3) is 5.91 Å². The second kappa shape index (κ2) is 10.0. The summed E-state index contributed by atoms with van der Waals surface area (Å²) in [6, 6.07) is 19.0. The van der Waals surface area contributed by atoms with Gasteiger partial charge in [0.1, 0.15) is 0 Å². The number of amides is 1. The van der Waals surface area contributed by atoms with Crippen molar-refractivity contribution in [1.29, 1.82) is 0 Å². The average Bonchev–Trinajstić information content (AvgIpc) is 3.29. The number of hydrogen-bond acceptors (Lipinski definition) is 2. The summed E-state index contributed by atoms with van der Waals surface area (Å²) in [6.07, 6.45) is -9.49. The van der Waals surface area contributed by atoms with Crippen molar-refractivity contribution in [2.45, 2.75) is 31.2 Å². The minimum Gasteiger partial charge on any atom is -0.337 e. The molecule has 1 amide bonds. The lowest BCUT2D eigenvalue weighted by atomic mass is 9.76. The molecule has 4 rings (SSSR count). The van der Waals surface area contributed by atoms with E-state index in [9.17, 15) is 31.1 Å². The van der Waals surface area contributed by atoms with Gasteiger partial charge in [-0.05, 0) is 64.9 Å². The predicted molar refractivity (Wildman–Crippen MR) is 130 cm³/mol. The third kappa shape index (κ3) is 5.72. The van der Waals surface area contributed by atoms with Crippen molar-refractivity contribution in [3.05, 3.63) is 129 Å². The van der Waals surface area contributed by atoms with Crippen LogP contribution in [-0.2, 0) is 24.3 Å². The minimum atomic E-state index is -4.70. The summed E-state index contributed by atoms with van der Waals surface area (Å²) < 4.78 is 82.3. The second-order valence-corrected chi connectivity index (χ2v) is 9.53. The van der Waals surface area contributed by atoms with Crippen LogP contribution < -0.4 is 5.32 Å². The maximum atomic E-state index is 13.7. The number of halogens is 6. The van der Waals surface area contributed by atoms with Crippen LogP contribution in [0.2, 0.25) is 0 Å². The summed E-state index contributed by atoms with van der Waals surface area (Å²) in [6.45, 7) is 1.71. The van der Waals surface area contributed by atoms with E-state index in [1.165, 1.54) is 24.3 Å². The highest BCUT2D eigenvalue weighted by Crippen LogP contribution is 2.40. The number of rotatable bonds is 6. The molecule has 2 nitrogen and oxygen atoms in total. The van der Waals surface area contributed by atoms with E-state index in [4.69, 9.17) is 0 Å². The van der Waals surface area contributed by atoms with Gasteiger partial charge in [-0.1, -0.05) is 54.6 Å². The summed E-state index contributed by atoms with van der Waals surface area (Å²) in [5.74, 6) is -0.599. The third-order valence-corrected chi connectivity index (χ3v) is 7.09. The summed E-state index contributed by atoms with van der Waals surface area (Å²) in [5, 5.41) is 4.54. The largest absolute Gasteiger partial charge is 0.416 e. The van der Waals surface area contributed by atoms with Gasteiger partial charge in [0.05, 0.1) is 21.5 Å². The molecule has 0 aliphatic carbocycles. The highest BCUT2D eigenvalue weighted by atomic mass is 32.1. The smallest absolute Gasteiger partial charge is 0.337 e. The molecule has 0 unspecified atom stereocenters. The van der Waals surface area contributed by atoms with Gasteiger partial charge in [0.15, 0.2) is 0 Å². The van der Waals surface area contributed by atoms with Gasteiger partial charge in [-0.15, -0.1) is 11.3 Å². The maximum absolute atomic E-state index is 13.7. The number of thiophene rings is 1. The van der Waals surface area contributed by atoms with Crippen molar-refractivity contribution in [1.82, 2.24) is 5.32 Å². The monoisotopic (exact) mass is 533 g/mol. The average molecular weight is 534 g/mol. The lowest BCUT2D eigenvalue weighted by Gasteiger charge is -2.37. The van der Waals surface area contributed by atoms with Gasteiger partial charge in [-0.25, -0.2) is 0 Å². The lowest BCUT2D eigenvalue weighted by molar-refractivity contribution is -0.138. The molecular formula is C28H21F6NOS. The van der Waals surface area contributed by atoms with Gasteiger partial charge in [-0.3, -0.25) is 4.79 Å². The van der Waals surface area contributed by atoms with E-state index in [0.717, 1.165) is 35.6 Å². The summed E-state index contributed by atoms with van der Waals surface area (Å²) in [7, 11) is 0. The Morgan fingerprint density at radius 1 is 0.730 bits per heavy atom. The molecule has 0 radical (unpaired) electrons. The molecule has 0 saturated heterocycles. The number of carbonyl (C=O) groups is 1. The number of aryl methyl sites for hydroxylation is 1. The third-order valence-electron chi connectivity index (χ3n) is 6.07. The molecular weight excluding hydrogens is 512 g/mol.